The van der Waals surface area contributed by atoms with Gasteiger partial charge >= 0.3 is 0 Å². The lowest BCUT2D eigenvalue weighted by Crippen LogP contribution is -2.11. The van der Waals surface area contributed by atoms with Crippen LogP contribution in [-0.4, -0.2) is 13.1 Å². The largest absolute Gasteiger partial charge is 0.316 e. The van der Waals surface area contributed by atoms with E-state index in [0.717, 1.165) is 6.04 Å². The minimum atomic E-state index is 0.606. The third-order valence-corrected chi connectivity index (χ3v) is 1.99. The van der Waals surface area contributed by atoms with Crippen molar-refractivity contribution in [2.75, 3.05) is 7.05 Å². The summed E-state index contributed by atoms with van der Waals surface area (Å²) in [5.41, 5.74) is 0.606. The van der Waals surface area contributed by atoms with E-state index in [9.17, 15) is 0 Å². The van der Waals surface area contributed by atoms with Crippen molar-refractivity contribution in [1.29, 1.82) is 0 Å². The van der Waals surface area contributed by atoms with Crippen molar-refractivity contribution in [2.45, 2.75) is 12.5 Å². The zero-order chi connectivity index (χ0) is 4.91. The summed E-state index contributed by atoms with van der Waals surface area (Å²) in [6.07, 6.45) is 5.92. The van der Waals surface area contributed by atoms with E-state index in [4.69, 9.17) is 0 Å². The van der Waals surface area contributed by atoms with E-state index in [-0.39, 0.29) is 0 Å². The van der Waals surface area contributed by atoms with Gasteiger partial charge in [-0.2, -0.15) is 0 Å². The van der Waals surface area contributed by atoms with Gasteiger partial charge < -0.3 is 5.32 Å². The fourth-order valence-corrected chi connectivity index (χ4v) is 1.14. The third kappa shape index (κ3) is 0.317. The fraction of sp³-hybridized carbons (Fsp3) is 0.667. The molecule has 0 radical (unpaired) electrons. The molecular formula is C6H9N. The van der Waals surface area contributed by atoms with Crippen LogP contribution in [0.2, 0.25) is 0 Å². The topological polar surface area (TPSA) is 12.0 Å². The van der Waals surface area contributed by atoms with Gasteiger partial charge in [0.05, 0.1) is 0 Å². The molecule has 1 fully saturated rings. The molecule has 1 N–H and O–H groups in total. The van der Waals surface area contributed by atoms with Crippen molar-refractivity contribution in [3.8, 4) is 0 Å². The molecular weight excluding hydrogens is 86.1 g/mol. The highest BCUT2D eigenvalue weighted by atomic mass is 15.0. The first-order valence-corrected chi connectivity index (χ1v) is 2.75. The lowest BCUT2D eigenvalue weighted by Gasteiger charge is -1.87. The molecule has 1 unspecified atom stereocenters. The van der Waals surface area contributed by atoms with E-state index >= 15 is 0 Å². The van der Waals surface area contributed by atoms with Crippen molar-refractivity contribution in [2.24, 2.45) is 5.41 Å². The second-order valence-electron chi connectivity index (χ2n) is 2.49. The Morgan fingerprint density at radius 2 is 2.43 bits per heavy atom. The molecule has 1 heteroatoms. The maximum Gasteiger partial charge on any atom is 0.0231 e. The summed E-state index contributed by atoms with van der Waals surface area (Å²) in [5, 5.41) is 3.23. The Balaban J connectivity index is 1.99. The van der Waals surface area contributed by atoms with Gasteiger partial charge in [0.15, 0.2) is 0 Å². The minimum absolute atomic E-state index is 0.606. The molecule has 1 spiro atoms. The first-order chi connectivity index (χ1) is 3.37. The second-order valence-corrected chi connectivity index (χ2v) is 2.49. The van der Waals surface area contributed by atoms with Crippen LogP contribution in [0.4, 0.5) is 0 Å². The average Bonchev–Trinajstić information content (AvgIpc) is 2.52. The number of rotatable bonds is 1. The van der Waals surface area contributed by atoms with Crippen LogP contribution in [-0.2, 0) is 0 Å². The Bertz CT molecular complexity index is 120. The van der Waals surface area contributed by atoms with Gasteiger partial charge in [0.2, 0.25) is 0 Å². The van der Waals surface area contributed by atoms with Gasteiger partial charge in [0.1, 0.15) is 0 Å². The van der Waals surface area contributed by atoms with Gasteiger partial charge in [0.25, 0.3) is 0 Å². The molecule has 2 aliphatic rings. The molecule has 0 aromatic heterocycles. The Labute approximate surface area is 43.4 Å². The maximum absolute atomic E-state index is 3.23. The zero-order valence-electron chi connectivity index (χ0n) is 4.44. The van der Waals surface area contributed by atoms with Crippen LogP contribution in [0.3, 0.4) is 0 Å². The first kappa shape index (κ1) is 3.67. The molecule has 7 heavy (non-hydrogen) atoms. The molecule has 0 saturated heterocycles. The summed E-state index contributed by atoms with van der Waals surface area (Å²) < 4.78 is 0. The van der Waals surface area contributed by atoms with Crippen LogP contribution in [0.1, 0.15) is 6.42 Å². The third-order valence-electron chi connectivity index (χ3n) is 1.99. The molecule has 2 aliphatic carbocycles. The lowest BCUT2D eigenvalue weighted by molar-refractivity contribution is 0.746. The van der Waals surface area contributed by atoms with Crippen molar-refractivity contribution in [3.63, 3.8) is 0 Å². The molecule has 2 rings (SSSR count). The molecule has 1 saturated carbocycles. The van der Waals surface area contributed by atoms with E-state index in [1.807, 2.05) is 7.05 Å². The van der Waals surface area contributed by atoms with Gasteiger partial charge in [-0.25, -0.2) is 0 Å². The molecule has 0 aromatic carbocycles. The highest BCUT2D eigenvalue weighted by Gasteiger charge is 2.56. The summed E-state index contributed by atoms with van der Waals surface area (Å²) in [5.74, 6) is 0. The Hall–Kier alpha value is -0.300. The van der Waals surface area contributed by atoms with Crippen LogP contribution in [0.5, 0.6) is 0 Å². The molecule has 38 valence electrons. The molecule has 0 amide bonds. The number of hydrogen-bond donors (Lipinski definition) is 1. The molecule has 0 heterocycles. The first-order valence-electron chi connectivity index (χ1n) is 2.75. The van der Waals surface area contributed by atoms with Crippen molar-refractivity contribution >= 4 is 0 Å². The van der Waals surface area contributed by atoms with E-state index in [1.54, 1.807) is 0 Å². The van der Waals surface area contributed by atoms with Gasteiger partial charge in [-0.3, -0.25) is 0 Å². The molecule has 0 aliphatic heterocycles. The summed E-state index contributed by atoms with van der Waals surface area (Å²) >= 11 is 0. The average molecular weight is 95.1 g/mol. The lowest BCUT2D eigenvalue weighted by atomic mass is 10.3. The van der Waals surface area contributed by atoms with Crippen LogP contribution in [0.15, 0.2) is 12.2 Å². The van der Waals surface area contributed by atoms with Crippen LogP contribution in [0, 0.1) is 5.41 Å². The Kier molecular flexibility index (Phi) is 0.409. The summed E-state index contributed by atoms with van der Waals surface area (Å²) in [6.45, 7) is 0. The van der Waals surface area contributed by atoms with E-state index < -0.39 is 0 Å². The predicted molar refractivity (Wildman–Crippen MR) is 29.0 cm³/mol. The highest BCUT2D eigenvalue weighted by Crippen LogP contribution is 2.57. The summed E-state index contributed by atoms with van der Waals surface area (Å²) in [7, 11) is 2.03. The quantitative estimate of drug-likeness (QED) is 0.468. The van der Waals surface area contributed by atoms with E-state index in [2.05, 4.69) is 17.5 Å². The molecule has 0 aromatic rings. The van der Waals surface area contributed by atoms with Gasteiger partial charge in [0, 0.05) is 11.5 Å². The normalized spacial score (nSPS) is 39.3. The standard InChI is InChI=1S/C6H9N/c1-7-5-4-6(5)2-3-6/h2-3,5,7H,4H2,1H3. The minimum Gasteiger partial charge on any atom is -0.316 e. The predicted octanol–water partition coefficient (Wildman–Crippen LogP) is 0.534. The highest BCUT2D eigenvalue weighted by molar-refractivity contribution is 5.40. The number of hydrogen-bond acceptors (Lipinski definition) is 1. The Morgan fingerprint density at radius 1 is 1.71 bits per heavy atom. The zero-order valence-corrected chi connectivity index (χ0v) is 4.44. The molecule has 1 atom stereocenters. The SMILES string of the molecule is CNC1CC12C=C2. The molecule has 0 bridgehead atoms. The Morgan fingerprint density at radius 3 is 2.57 bits per heavy atom. The summed E-state index contributed by atoms with van der Waals surface area (Å²) in [6, 6.07) is 0.799. The van der Waals surface area contributed by atoms with Crippen molar-refractivity contribution in [3.05, 3.63) is 12.2 Å². The number of nitrogens with one attached hydrogen (secondary N) is 1. The van der Waals surface area contributed by atoms with Crippen LogP contribution in [0.25, 0.3) is 0 Å². The van der Waals surface area contributed by atoms with Crippen molar-refractivity contribution in [1.82, 2.24) is 5.32 Å². The van der Waals surface area contributed by atoms with Crippen LogP contribution >= 0.6 is 0 Å². The van der Waals surface area contributed by atoms with Gasteiger partial charge in [-0.05, 0) is 13.5 Å². The van der Waals surface area contributed by atoms with Gasteiger partial charge in [-0.1, -0.05) is 12.2 Å². The monoisotopic (exact) mass is 95.1 g/mol. The smallest absolute Gasteiger partial charge is 0.0231 e. The van der Waals surface area contributed by atoms with Crippen LogP contribution < -0.4 is 5.32 Å². The fourth-order valence-electron chi connectivity index (χ4n) is 1.14. The van der Waals surface area contributed by atoms with E-state index in [1.165, 1.54) is 6.42 Å². The van der Waals surface area contributed by atoms with Gasteiger partial charge in [-0.15, -0.1) is 0 Å². The maximum atomic E-state index is 3.23. The van der Waals surface area contributed by atoms with E-state index in [0.29, 0.717) is 5.41 Å². The van der Waals surface area contributed by atoms with Crippen molar-refractivity contribution < 1.29 is 0 Å². The molecule has 1 nitrogen and oxygen atoms in total. The second kappa shape index (κ2) is 0.781. The summed E-state index contributed by atoms with van der Waals surface area (Å²) in [4.78, 5) is 0.